The highest BCUT2D eigenvalue weighted by Gasteiger charge is 2.32. The highest BCUT2D eigenvalue weighted by Crippen LogP contribution is 2.23. The van der Waals surface area contributed by atoms with Crippen molar-refractivity contribution in [2.24, 2.45) is 0 Å². The number of benzene rings is 2. The molecule has 2 amide bonds. The van der Waals surface area contributed by atoms with Crippen molar-refractivity contribution in [3.05, 3.63) is 64.2 Å². The fraction of sp³-hybridized carbons (Fsp3) is 0.500. The normalized spacial score (nSPS) is 15.2. The molecule has 9 heteroatoms. The molecule has 1 saturated carbocycles. The molecule has 7 nitrogen and oxygen atoms in total. The molecule has 1 aliphatic rings. The minimum Gasteiger partial charge on any atom is -0.352 e. The Hall–Kier alpha value is -2.58. The molecule has 1 N–H and O–H groups in total. The van der Waals surface area contributed by atoms with Crippen LogP contribution < -0.4 is 9.62 Å². The molecule has 1 atom stereocenters. The number of sulfonamides is 1. The van der Waals surface area contributed by atoms with Gasteiger partial charge in [0, 0.05) is 17.6 Å². The molecule has 0 bridgehead atoms. The standard InChI is InChI=1S/C28H38ClN3O4S/c1-5-26(28(34)30-24-9-7-6-8-10-24)31(18-22-11-13-23(29)14-12-22)27(33)19-32(37(4,35)36)25-16-20(2)15-21(3)17-25/h11-17,24,26H,5-10,18-19H2,1-4H3,(H,30,34)/t26-/m0/s1. The first kappa shape index (κ1) is 29.0. The summed E-state index contributed by atoms with van der Waals surface area (Å²) >= 11 is 6.05. The van der Waals surface area contributed by atoms with E-state index in [4.69, 9.17) is 11.6 Å². The first-order valence-electron chi connectivity index (χ1n) is 12.9. The Morgan fingerprint density at radius 3 is 2.16 bits per heavy atom. The molecule has 202 valence electrons. The third-order valence-corrected chi connectivity index (χ3v) is 8.17. The van der Waals surface area contributed by atoms with Gasteiger partial charge >= 0.3 is 0 Å². The maximum atomic E-state index is 13.8. The number of anilines is 1. The van der Waals surface area contributed by atoms with Crippen LogP contribution in [0.4, 0.5) is 5.69 Å². The molecule has 0 saturated heterocycles. The lowest BCUT2D eigenvalue weighted by Gasteiger charge is -2.34. The van der Waals surface area contributed by atoms with Crippen LogP contribution >= 0.6 is 11.6 Å². The molecule has 1 aliphatic carbocycles. The van der Waals surface area contributed by atoms with Crippen molar-refractivity contribution in [2.45, 2.75) is 77.9 Å². The quantitative estimate of drug-likeness (QED) is 0.454. The predicted molar refractivity (Wildman–Crippen MR) is 149 cm³/mol. The van der Waals surface area contributed by atoms with Gasteiger partial charge in [0.1, 0.15) is 12.6 Å². The average Bonchev–Trinajstić information content (AvgIpc) is 2.82. The summed E-state index contributed by atoms with van der Waals surface area (Å²) in [6.07, 6.45) is 6.69. The maximum Gasteiger partial charge on any atom is 0.244 e. The van der Waals surface area contributed by atoms with E-state index in [1.54, 1.807) is 24.3 Å². The largest absolute Gasteiger partial charge is 0.352 e. The van der Waals surface area contributed by atoms with E-state index in [1.165, 1.54) is 11.3 Å². The van der Waals surface area contributed by atoms with E-state index in [9.17, 15) is 18.0 Å². The highest BCUT2D eigenvalue weighted by molar-refractivity contribution is 7.92. The number of rotatable bonds is 10. The van der Waals surface area contributed by atoms with Gasteiger partial charge in [-0.05, 0) is 74.1 Å². The zero-order chi connectivity index (χ0) is 27.2. The fourth-order valence-corrected chi connectivity index (χ4v) is 5.92. The lowest BCUT2D eigenvalue weighted by Crippen LogP contribution is -2.53. The Kier molecular flexibility index (Phi) is 10.0. The van der Waals surface area contributed by atoms with Gasteiger partial charge in [0.25, 0.3) is 0 Å². The number of carbonyl (C=O) groups excluding carboxylic acids is 2. The molecule has 2 aromatic carbocycles. The summed E-state index contributed by atoms with van der Waals surface area (Å²) in [5.41, 5.74) is 3.03. The van der Waals surface area contributed by atoms with Gasteiger partial charge in [-0.25, -0.2) is 8.42 Å². The smallest absolute Gasteiger partial charge is 0.244 e. The van der Waals surface area contributed by atoms with Crippen LogP contribution in [0.15, 0.2) is 42.5 Å². The summed E-state index contributed by atoms with van der Waals surface area (Å²) in [5.74, 6) is -0.640. The molecule has 0 aliphatic heterocycles. The third kappa shape index (κ3) is 8.20. The van der Waals surface area contributed by atoms with Crippen LogP contribution in [0.5, 0.6) is 0 Å². The van der Waals surface area contributed by atoms with Crippen LogP contribution in [0, 0.1) is 13.8 Å². The molecular weight excluding hydrogens is 510 g/mol. The number of nitrogens with zero attached hydrogens (tertiary/aromatic N) is 2. The zero-order valence-electron chi connectivity index (χ0n) is 22.2. The van der Waals surface area contributed by atoms with Crippen molar-refractivity contribution in [2.75, 3.05) is 17.1 Å². The van der Waals surface area contributed by atoms with Crippen LogP contribution in [-0.2, 0) is 26.2 Å². The van der Waals surface area contributed by atoms with Gasteiger partial charge in [-0.3, -0.25) is 13.9 Å². The Labute approximate surface area is 226 Å². The molecule has 1 fully saturated rings. The number of nitrogens with one attached hydrogen (secondary N) is 1. The maximum absolute atomic E-state index is 13.8. The molecule has 0 heterocycles. The number of halogens is 1. The third-order valence-electron chi connectivity index (χ3n) is 6.78. The van der Waals surface area contributed by atoms with Crippen LogP contribution in [0.2, 0.25) is 5.02 Å². The average molecular weight is 548 g/mol. The van der Waals surface area contributed by atoms with Crippen molar-refractivity contribution in [3.63, 3.8) is 0 Å². The number of aryl methyl sites for hydroxylation is 2. The van der Waals surface area contributed by atoms with Gasteiger partial charge in [-0.2, -0.15) is 0 Å². The van der Waals surface area contributed by atoms with Gasteiger partial charge in [-0.1, -0.05) is 56.0 Å². The molecule has 3 rings (SSSR count). The number of hydrogen-bond acceptors (Lipinski definition) is 4. The lowest BCUT2D eigenvalue weighted by molar-refractivity contribution is -0.140. The van der Waals surface area contributed by atoms with E-state index >= 15 is 0 Å². The molecular formula is C28H38ClN3O4S. The van der Waals surface area contributed by atoms with Crippen LogP contribution in [0.25, 0.3) is 0 Å². The number of carbonyl (C=O) groups is 2. The molecule has 0 unspecified atom stereocenters. The second-order valence-corrected chi connectivity index (χ2v) is 12.4. The van der Waals surface area contributed by atoms with Crippen molar-refractivity contribution >= 4 is 39.1 Å². The minimum absolute atomic E-state index is 0.102. The van der Waals surface area contributed by atoms with Gasteiger partial charge in [-0.15, -0.1) is 0 Å². The predicted octanol–water partition coefficient (Wildman–Crippen LogP) is 4.98. The zero-order valence-corrected chi connectivity index (χ0v) is 23.7. The summed E-state index contributed by atoms with van der Waals surface area (Å²) in [4.78, 5) is 28.7. The highest BCUT2D eigenvalue weighted by atomic mass is 35.5. The first-order chi connectivity index (χ1) is 17.5. The van der Waals surface area contributed by atoms with E-state index < -0.39 is 28.5 Å². The SMILES string of the molecule is CC[C@@H](C(=O)NC1CCCCC1)N(Cc1ccc(Cl)cc1)C(=O)CN(c1cc(C)cc(C)c1)S(C)(=O)=O. The topological polar surface area (TPSA) is 86.8 Å². The van der Waals surface area contributed by atoms with E-state index in [-0.39, 0.29) is 18.5 Å². The Morgan fingerprint density at radius 2 is 1.62 bits per heavy atom. The van der Waals surface area contributed by atoms with Gasteiger partial charge in [0.05, 0.1) is 11.9 Å². The van der Waals surface area contributed by atoms with Crippen LogP contribution in [-0.4, -0.2) is 50.0 Å². The Morgan fingerprint density at radius 1 is 1.03 bits per heavy atom. The lowest BCUT2D eigenvalue weighted by atomic mass is 9.95. The van der Waals surface area contributed by atoms with E-state index in [1.807, 2.05) is 39.0 Å². The molecule has 0 spiro atoms. The van der Waals surface area contributed by atoms with Crippen molar-refractivity contribution in [1.29, 1.82) is 0 Å². The van der Waals surface area contributed by atoms with E-state index in [2.05, 4.69) is 5.32 Å². The summed E-state index contributed by atoms with van der Waals surface area (Å²) in [6.45, 7) is 5.40. The van der Waals surface area contributed by atoms with Crippen LogP contribution in [0.3, 0.4) is 0 Å². The Balaban J connectivity index is 1.92. The second-order valence-electron chi connectivity index (χ2n) is 10.0. The number of amides is 2. The van der Waals surface area contributed by atoms with Crippen molar-refractivity contribution in [3.8, 4) is 0 Å². The molecule has 37 heavy (non-hydrogen) atoms. The van der Waals surface area contributed by atoms with Crippen LogP contribution in [0.1, 0.15) is 62.1 Å². The molecule has 2 aromatic rings. The van der Waals surface area contributed by atoms with Gasteiger partial charge in [0.15, 0.2) is 0 Å². The second kappa shape index (κ2) is 12.8. The summed E-state index contributed by atoms with van der Waals surface area (Å²) in [5, 5.41) is 3.72. The monoisotopic (exact) mass is 547 g/mol. The Bertz CT molecular complexity index is 1170. The van der Waals surface area contributed by atoms with Gasteiger partial charge in [0.2, 0.25) is 21.8 Å². The van der Waals surface area contributed by atoms with Crippen molar-refractivity contribution in [1.82, 2.24) is 10.2 Å². The minimum atomic E-state index is -3.77. The summed E-state index contributed by atoms with van der Waals surface area (Å²) in [6, 6.07) is 11.9. The summed E-state index contributed by atoms with van der Waals surface area (Å²) in [7, 11) is -3.77. The van der Waals surface area contributed by atoms with E-state index in [0.29, 0.717) is 17.1 Å². The molecule has 0 aromatic heterocycles. The summed E-state index contributed by atoms with van der Waals surface area (Å²) < 4.78 is 26.7. The fourth-order valence-electron chi connectivity index (χ4n) is 4.96. The van der Waals surface area contributed by atoms with E-state index in [0.717, 1.165) is 52.9 Å². The number of hydrogen-bond donors (Lipinski definition) is 1. The molecule has 0 radical (unpaired) electrons. The van der Waals surface area contributed by atoms with Gasteiger partial charge < -0.3 is 10.2 Å². The van der Waals surface area contributed by atoms with Crippen molar-refractivity contribution < 1.29 is 18.0 Å². The first-order valence-corrected chi connectivity index (χ1v) is 15.1.